The first kappa shape index (κ1) is 18.6. The molecule has 0 unspecified atom stereocenters. The quantitative estimate of drug-likeness (QED) is 0.782. The van der Waals surface area contributed by atoms with Crippen molar-refractivity contribution in [3.05, 3.63) is 34.4 Å². The van der Waals surface area contributed by atoms with Crippen LogP contribution in [0.2, 0.25) is 0 Å². The van der Waals surface area contributed by atoms with Crippen LogP contribution in [0.25, 0.3) is 0 Å². The Balaban J connectivity index is 1.98. The van der Waals surface area contributed by atoms with E-state index in [1.54, 1.807) is 0 Å². The normalized spacial score (nSPS) is 27.2. The van der Waals surface area contributed by atoms with Gasteiger partial charge in [0.2, 0.25) is 0 Å². The van der Waals surface area contributed by atoms with E-state index in [1.807, 2.05) is 7.05 Å². The molecule has 2 heterocycles. The van der Waals surface area contributed by atoms with Crippen molar-refractivity contribution in [3.63, 3.8) is 0 Å². The first-order chi connectivity index (χ1) is 12.3. The van der Waals surface area contributed by atoms with Crippen LogP contribution in [0.3, 0.4) is 0 Å². The molecule has 0 aromatic heterocycles. The number of nitrogens with zero attached hydrogens (tertiary/aromatic N) is 1. The third kappa shape index (κ3) is 3.82. The van der Waals surface area contributed by atoms with Crippen LogP contribution in [0, 0.1) is 0 Å². The second-order valence-electron chi connectivity index (χ2n) is 6.62. The molecule has 9 heteroatoms. The number of allylic oxidation sites excluding steroid dienone is 2. The third-order valence-corrected chi connectivity index (χ3v) is 4.83. The molecular weight excluding hydrogens is 351 g/mol. The van der Waals surface area contributed by atoms with Gasteiger partial charge >= 0.3 is 6.18 Å². The highest BCUT2D eigenvalue weighted by Crippen LogP contribution is 2.40. The number of hydrogen-bond donors (Lipinski definition) is 2. The molecule has 0 bridgehead atoms. The molecule has 3 rings (SSSR count). The van der Waals surface area contributed by atoms with Crippen LogP contribution in [0.1, 0.15) is 19.3 Å². The summed E-state index contributed by atoms with van der Waals surface area (Å²) in [6.07, 6.45) is -2.25. The van der Waals surface area contributed by atoms with Crippen molar-refractivity contribution < 1.29 is 27.4 Å². The van der Waals surface area contributed by atoms with Crippen molar-refractivity contribution in [1.82, 2.24) is 10.2 Å². The summed E-state index contributed by atoms with van der Waals surface area (Å²) >= 11 is 0. The molecule has 1 atom stereocenters. The number of ether oxygens (including phenoxy) is 2. The molecule has 0 aromatic rings. The average Bonchev–Trinajstić information content (AvgIpc) is 3.23. The van der Waals surface area contributed by atoms with E-state index in [0.717, 1.165) is 25.5 Å². The van der Waals surface area contributed by atoms with Gasteiger partial charge in [-0.2, -0.15) is 13.2 Å². The number of halogens is 3. The van der Waals surface area contributed by atoms with E-state index in [2.05, 4.69) is 10.2 Å². The van der Waals surface area contributed by atoms with E-state index in [0.29, 0.717) is 13.2 Å². The zero-order valence-corrected chi connectivity index (χ0v) is 14.5. The summed E-state index contributed by atoms with van der Waals surface area (Å²) in [6.45, 7) is 2.03. The molecule has 2 saturated heterocycles. The predicted molar refractivity (Wildman–Crippen MR) is 87.6 cm³/mol. The van der Waals surface area contributed by atoms with Gasteiger partial charge in [-0.05, 0) is 32.5 Å². The highest BCUT2D eigenvalue weighted by molar-refractivity contribution is 5.97. The van der Waals surface area contributed by atoms with Crippen molar-refractivity contribution in [2.24, 2.45) is 5.73 Å². The second kappa shape index (κ2) is 7.22. The van der Waals surface area contributed by atoms with Gasteiger partial charge in [-0.15, -0.1) is 0 Å². The molecule has 0 saturated carbocycles. The zero-order valence-electron chi connectivity index (χ0n) is 14.5. The van der Waals surface area contributed by atoms with Crippen LogP contribution in [-0.4, -0.2) is 56.4 Å². The largest absolute Gasteiger partial charge is 0.491 e. The molecule has 2 aliphatic heterocycles. The van der Waals surface area contributed by atoms with Gasteiger partial charge in [0.25, 0.3) is 5.91 Å². The number of nitrogens with one attached hydrogen (secondary N) is 1. The summed E-state index contributed by atoms with van der Waals surface area (Å²) in [5.41, 5.74) is 4.41. The molecular formula is C17H22F3N3O3. The van der Waals surface area contributed by atoms with Gasteiger partial charge < -0.3 is 25.4 Å². The summed E-state index contributed by atoms with van der Waals surface area (Å²) in [4.78, 5) is 14.0. The summed E-state index contributed by atoms with van der Waals surface area (Å²) in [5.74, 6) is -0.666. The maximum absolute atomic E-state index is 13.3. The number of likely N-dealkylation sites (tertiary alicyclic amines) is 1. The van der Waals surface area contributed by atoms with Crippen molar-refractivity contribution in [2.75, 3.05) is 33.4 Å². The number of carbonyl (C=O) groups excluding carboxylic acids is 1. The van der Waals surface area contributed by atoms with Gasteiger partial charge in [-0.25, -0.2) is 0 Å². The number of hydrogen-bond acceptors (Lipinski definition) is 5. The number of likely N-dealkylation sites (N-methyl/N-ethyl adjacent to an activating group) is 1. The van der Waals surface area contributed by atoms with Crippen molar-refractivity contribution in [2.45, 2.75) is 31.5 Å². The molecule has 3 aliphatic rings. The molecule has 26 heavy (non-hydrogen) atoms. The van der Waals surface area contributed by atoms with Gasteiger partial charge in [0, 0.05) is 18.0 Å². The SMILES string of the molecule is CN1CCC[C@H]1COC1=C(C(N)=O)C=C(C(F)(F)F)CC1=C1NCCO1. The minimum absolute atomic E-state index is 0.0789. The van der Waals surface area contributed by atoms with Gasteiger partial charge in [0.1, 0.15) is 19.0 Å². The number of nitrogens with two attached hydrogens (primary N) is 1. The summed E-state index contributed by atoms with van der Waals surface area (Å²) in [5, 5.41) is 2.91. The Morgan fingerprint density at radius 2 is 2.27 bits per heavy atom. The molecule has 0 spiro atoms. The first-order valence-electron chi connectivity index (χ1n) is 8.52. The lowest BCUT2D eigenvalue weighted by Crippen LogP contribution is -2.31. The van der Waals surface area contributed by atoms with Crippen LogP contribution in [0.15, 0.2) is 34.4 Å². The number of primary amides is 1. The minimum atomic E-state index is -4.57. The third-order valence-electron chi connectivity index (χ3n) is 4.83. The molecule has 144 valence electrons. The number of amides is 1. The molecule has 1 amide bonds. The van der Waals surface area contributed by atoms with Gasteiger partial charge in [0.15, 0.2) is 5.88 Å². The van der Waals surface area contributed by atoms with E-state index >= 15 is 0 Å². The number of rotatable bonds is 4. The number of carbonyl (C=O) groups is 1. The van der Waals surface area contributed by atoms with Crippen LogP contribution in [0.4, 0.5) is 13.2 Å². The highest BCUT2D eigenvalue weighted by Gasteiger charge is 2.40. The lowest BCUT2D eigenvalue weighted by atomic mass is 9.92. The van der Waals surface area contributed by atoms with E-state index in [4.69, 9.17) is 15.2 Å². The molecule has 0 radical (unpaired) electrons. The minimum Gasteiger partial charge on any atom is -0.491 e. The molecule has 1 aliphatic carbocycles. The van der Waals surface area contributed by atoms with Crippen LogP contribution >= 0.6 is 0 Å². The van der Waals surface area contributed by atoms with Crippen LogP contribution in [0.5, 0.6) is 0 Å². The maximum atomic E-state index is 13.3. The van der Waals surface area contributed by atoms with E-state index in [9.17, 15) is 18.0 Å². The fraction of sp³-hybridized carbons (Fsp3) is 0.588. The first-order valence-corrected chi connectivity index (χ1v) is 8.52. The van der Waals surface area contributed by atoms with Crippen molar-refractivity contribution >= 4 is 5.91 Å². The zero-order chi connectivity index (χ0) is 18.9. The number of alkyl halides is 3. The smallest absolute Gasteiger partial charge is 0.413 e. The van der Waals surface area contributed by atoms with Crippen LogP contribution in [-0.2, 0) is 14.3 Å². The lowest BCUT2D eigenvalue weighted by Gasteiger charge is -2.26. The molecule has 2 fully saturated rings. The fourth-order valence-corrected chi connectivity index (χ4v) is 3.37. The summed E-state index contributed by atoms with van der Waals surface area (Å²) < 4.78 is 51.1. The average molecular weight is 373 g/mol. The highest BCUT2D eigenvalue weighted by atomic mass is 19.4. The second-order valence-corrected chi connectivity index (χ2v) is 6.62. The Hall–Kier alpha value is -2.16. The van der Waals surface area contributed by atoms with E-state index in [1.165, 1.54) is 0 Å². The molecule has 0 aromatic carbocycles. The maximum Gasteiger partial charge on any atom is 0.413 e. The fourth-order valence-electron chi connectivity index (χ4n) is 3.37. The Bertz CT molecular complexity index is 674. The Morgan fingerprint density at radius 3 is 2.81 bits per heavy atom. The predicted octanol–water partition coefficient (Wildman–Crippen LogP) is 1.56. The molecule has 6 nitrogen and oxygen atoms in total. The van der Waals surface area contributed by atoms with Crippen molar-refractivity contribution in [1.29, 1.82) is 0 Å². The topological polar surface area (TPSA) is 76.8 Å². The van der Waals surface area contributed by atoms with Gasteiger partial charge in [-0.1, -0.05) is 0 Å². The Kier molecular flexibility index (Phi) is 5.17. The summed E-state index contributed by atoms with van der Waals surface area (Å²) in [6, 6.07) is 0.147. The van der Waals surface area contributed by atoms with Crippen molar-refractivity contribution in [3.8, 4) is 0 Å². The summed E-state index contributed by atoms with van der Waals surface area (Å²) in [7, 11) is 1.97. The van der Waals surface area contributed by atoms with E-state index in [-0.39, 0.29) is 35.4 Å². The monoisotopic (exact) mass is 373 g/mol. The Morgan fingerprint density at radius 1 is 1.50 bits per heavy atom. The van der Waals surface area contributed by atoms with Gasteiger partial charge in [0.05, 0.1) is 17.7 Å². The van der Waals surface area contributed by atoms with Crippen LogP contribution < -0.4 is 11.1 Å². The molecule has 3 N–H and O–H groups in total. The van der Waals surface area contributed by atoms with E-state index < -0.39 is 24.1 Å². The standard InChI is InChI=1S/C17H22F3N3O3/c1-23-5-2-3-11(23)9-26-14-12(15(21)24)7-10(17(18,19)20)8-13(14)16-22-4-6-25-16/h7,11,22H,2-6,8-9H2,1H3,(H2,21,24)/t11-/m0/s1. The Labute approximate surface area is 149 Å². The van der Waals surface area contributed by atoms with Gasteiger partial charge in [-0.3, -0.25) is 4.79 Å². The lowest BCUT2D eigenvalue weighted by molar-refractivity contribution is -0.114.